The lowest BCUT2D eigenvalue weighted by Gasteiger charge is -2.36. The van der Waals surface area contributed by atoms with Gasteiger partial charge in [-0.05, 0) is 44.6 Å². The van der Waals surface area contributed by atoms with Crippen molar-refractivity contribution >= 4 is 0 Å². The number of benzene rings is 1. The molecule has 3 aliphatic rings. The Kier molecular flexibility index (Phi) is 7.91. The van der Waals surface area contributed by atoms with E-state index in [1.54, 1.807) is 12.2 Å². The van der Waals surface area contributed by atoms with Crippen LogP contribution in [0.3, 0.4) is 0 Å². The first-order chi connectivity index (χ1) is 15.5. The summed E-state index contributed by atoms with van der Waals surface area (Å²) in [6.45, 7) is 6.18. The van der Waals surface area contributed by atoms with Crippen molar-refractivity contribution in [1.82, 2.24) is 0 Å². The molecule has 0 unspecified atom stereocenters. The summed E-state index contributed by atoms with van der Waals surface area (Å²) in [5, 5.41) is 9.72. The summed E-state index contributed by atoms with van der Waals surface area (Å²) in [7, 11) is 0. The van der Waals surface area contributed by atoms with Gasteiger partial charge in [-0.15, -0.1) is 0 Å². The van der Waals surface area contributed by atoms with Gasteiger partial charge in [-0.1, -0.05) is 48.6 Å². The molecule has 7 nitrogen and oxygen atoms in total. The van der Waals surface area contributed by atoms with Crippen molar-refractivity contribution < 1.29 is 33.5 Å². The Labute approximate surface area is 189 Å². The fraction of sp³-hybridized carbons (Fsp3) is 0.520. The van der Waals surface area contributed by atoms with Crippen LogP contribution in [-0.2, 0) is 35.0 Å². The van der Waals surface area contributed by atoms with E-state index in [0.29, 0.717) is 6.61 Å². The van der Waals surface area contributed by atoms with Crippen molar-refractivity contribution in [1.29, 1.82) is 0 Å². The van der Waals surface area contributed by atoms with E-state index in [9.17, 15) is 5.11 Å². The number of hydrogen-bond acceptors (Lipinski definition) is 7. The molecule has 0 bridgehead atoms. The quantitative estimate of drug-likeness (QED) is 0.647. The maximum absolute atomic E-state index is 9.72. The molecule has 0 amide bonds. The summed E-state index contributed by atoms with van der Waals surface area (Å²) in [4.78, 5) is 0. The van der Waals surface area contributed by atoms with E-state index >= 15 is 0 Å². The molecule has 0 spiro atoms. The number of hydrogen-bond donors (Lipinski definition) is 1. The molecule has 3 heterocycles. The lowest BCUT2D eigenvalue weighted by Crippen LogP contribution is -2.43. The molecule has 0 aromatic heterocycles. The van der Waals surface area contributed by atoms with Crippen LogP contribution in [0.5, 0.6) is 0 Å². The smallest absolute Gasteiger partial charge is 0.178 e. The maximum Gasteiger partial charge on any atom is 0.178 e. The Balaban J connectivity index is 1.25. The molecule has 174 valence electrons. The molecule has 7 heteroatoms. The summed E-state index contributed by atoms with van der Waals surface area (Å²) >= 11 is 0. The summed E-state index contributed by atoms with van der Waals surface area (Å²) in [6.07, 6.45) is 7.71. The first-order valence-corrected chi connectivity index (χ1v) is 11.1. The number of rotatable bonds is 7. The van der Waals surface area contributed by atoms with Crippen LogP contribution in [0.15, 0.2) is 66.8 Å². The number of aliphatic hydroxyl groups is 1. The second kappa shape index (κ2) is 10.9. The third kappa shape index (κ3) is 6.14. The lowest BCUT2D eigenvalue weighted by atomic mass is 10.1. The van der Waals surface area contributed by atoms with Gasteiger partial charge in [0.05, 0.1) is 31.0 Å². The highest BCUT2D eigenvalue weighted by Gasteiger charge is 2.32. The molecule has 0 radical (unpaired) electrons. The minimum atomic E-state index is -0.612. The van der Waals surface area contributed by atoms with Gasteiger partial charge in [0.1, 0.15) is 12.2 Å². The van der Waals surface area contributed by atoms with Gasteiger partial charge in [-0.25, -0.2) is 0 Å². The van der Waals surface area contributed by atoms with Gasteiger partial charge in [-0.2, -0.15) is 0 Å². The van der Waals surface area contributed by atoms with Crippen LogP contribution in [0.25, 0.3) is 0 Å². The fourth-order valence-corrected chi connectivity index (χ4v) is 3.70. The Morgan fingerprint density at radius 1 is 0.688 bits per heavy atom. The van der Waals surface area contributed by atoms with Crippen LogP contribution >= 0.6 is 0 Å². The van der Waals surface area contributed by atoms with E-state index in [1.165, 1.54) is 0 Å². The molecule has 1 aromatic carbocycles. The highest BCUT2D eigenvalue weighted by Crippen LogP contribution is 2.25. The van der Waals surface area contributed by atoms with Gasteiger partial charge >= 0.3 is 0 Å². The molecule has 32 heavy (non-hydrogen) atoms. The predicted octanol–water partition coefficient (Wildman–Crippen LogP) is 3.24. The Morgan fingerprint density at radius 2 is 1.22 bits per heavy atom. The molecular formula is C25H32O7. The SMILES string of the molecule is C[C@@H]1O[C@@H](O[C@@H]2C=C[C@H](O[C@H]3C=C[C@@H](OCc4ccccc4)O[C@@H]3C)O[C@H]2C)C=C[C@H]1O. The third-order valence-corrected chi connectivity index (χ3v) is 5.67. The zero-order chi connectivity index (χ0) is 22.5. The second-order valence-electron chi connectivity index (χ2n) is 8.27. The minimum Gasteiger partial charge on any atom is -0.386 e. The molecule has 1 N–H and O–H groups in total. The molecule has 4 rings (SSSR count). The van der Waals surface area contributed by atoms with E-state index in [1.807, 2.05) is 75.4 Å². The molecule has 9 atom stereocenters. The van der Waals surface area contributed by atoms with Gasteiger partial charge in [0.25, 0.3) is 0 Å². The summed E-state index contributed by atoms with van der Waals surface area (Å²) < 4.78 is 35.5. The van der Waals surface area contributed by atoms with E-state index in [4.69, 9.17) is 28.4 Å². The normalized spacial score (nSPS) is 39.3. The van der Waals surface area contributed by atoms with Crippen molar-refractivity contribution in [3.8, 4) is 0 Å². The van der Waals surface area contributed by atoms with Crippen molar-refractivity contribution in [2.45, 2.75) is 82.9 Å². The predicted molar refractivity (Wildman–Crippen MR) is 117 cm³/mol. The molecule has 0 aliphatic carbocycles. The molecular weight excluding hydrogens is 412 g/mol. The van der Waals surface area contributed by atoms with Crippen LogP contribution in [0.4, 0.5) is 0 Å². The van der Waals surface area contributed by atoms with Crippen molar-refractivity contribution in [2.75, 3.05) is 0 Å². The van der Waals surface area contributed by atoms with Crippen LogP contribution in [0.1, 0.15) is 26.3 Å². The van der Waals surface area contributed by atoms with Crippen molar-refractivity contribution in [3.05, 3.63) is 72.4 Å². The first-order valence-electron chi connectivity index (χ1n) is 11.1. The van der Waals surface area contributed by atoms with E-state index in [2.05, 4.69) is 0 Å². The molecule has 0 fully saturated rings. The zero-order valence-corrected chi connectivity index (χ0v) is 18.7. The summed E-state index contributed by atoms with van der Waals surface area (Å²) in [6, 6.07) is 10.00. The maximum atomic E-state index is 9.72. The Morgan fingerprint density at radius 3 is 1.81 bits per heavy atom. The number of ether oxygens (including phenoxy) is 6. The van der Waals surface area contributed by atoms with Crippen LogP contribution < -0.4 is 0 Å². The molecule has 0 saturated carbocycles. The minimum absolute atomic E-state index is 0.184. The topological polar surface area (TPSA) is 75.6 Å². The van der Waals surface area contributed by atoms with Gasteiger partial charge in [-0.3, -0.25) is 0 Å². The third-order valence-electron chi connectivity index (χ3n) is 5.67. The average Bonchev–Trinajstić information content (AvgIpc) is 2.79. The van der Waals surface area contributed by atoms with E-state index in [-0.39, 0.29) is 30.5 Å². The van der Waals surface area contributed by atoms with Crippen LogP contribution in [-0.4, -0.2) is 60.6 Å². The van der Waals surface area contributed by atoms with Crippen LogP contribution in [0, 0.1) is 0 Å². The monoisotopic (exact) mass is 444 g/mol. The molecule has 0 saturated heterocycles. The number of aliphatic hydroxyl groups excluding tert-OH is 1. The zero-order valence-electron chi connectivity index (χ0n) is 18.7. The average molecular weight is 445 g/mol. The standard InChI is InChI=1S/C25H32O7/c1-16-20(26)9-12-24(28-16)31-22-11-14-25(30-18(22)3)32-21-10-13-23(29-17(21)2)27-15-19-7-5-4-6-8-19/h4-14,16-18,20-26H,15H2,1-3H3/t16-,17+,18-,20+,21-,22+,23-,24-,25-/m0/s1. The fourth-order valence-electron chi connectivity index (χ4n) is 3.70. The molecule has 3 aliphatic heterocycles. The summed E-state index contributed by atoms with van der Waals surface area (Å²) in [5.41, 5.74) is 1.10. The van der Waals surface area contributed by atoms with Gasteiger partial charge in [0.15, 0.2) is 18.9 Å². The van der Waals surface area contributed by atoms with Gasteiger partial charge in [0.2, 0.25) is 0 Å². The van der Waals surface area contributed by atoms with Crippen molar-refractivity contribution in [3.63, 3.8) is 0 Å². The van der Waals surface area contributed by atoms with Gasteiger partial charge < -0.3 is 33.5 Å². The lowest BCUT2D eigenvalue weighted by molar-refractivity contribution is -0.243. The largest absolute Gasteiger partial charge is 0.386 e. The Hall–Kier alpha value is -1.84. The van der Waals surface area contributed by atoms with E-state index < -0.39 is 25.0 Å². The Bertz CT molecular complexity index is 808. The van der Waals surface area contributed by atoms with Crippen LogP contribution in [0.2, 0.25) is 0 Å². The first kappa shape index (κ1) is 23.3. The summed E-state index contributed by atoms with van der Waals surface area (Å²) in [5.74, 6) is 0. The van der Waals surface area contributed by atoms with E-state index in [0.717, 1.165) is 5.56 Å². The van der Waals surface area contributed by atoms with Crippen molar-refractivity contribution in [2.24, 2.45) is 0 Å². The highest BCUT2D eigenvalue weighted by atomic mass is 16.7. The highest BCUT2D eigenvalue weighted by molar-refractivity contribution is 5.13. The molecule has 1 aromatic rings. The van der Waals surface area contributed by atoms with Gasteiger partial charge in [0, 0.05) is 0 Å². The second-order valence-corrected chi connectivity index (χ2v) is 8.27.